The summed E-state index contributed by atoms with van der Waals surface area (Å²) in [4.78, 5) is 15.3. The van der Waals surface area contributed by atoms with E-state index in [1.807, 2.05) is 49.3 Å². The molecule has 0 fully saturated rings. The highest BCUT2D eigenvalue weighted by Gasteiger charge is 2.19. The van der Waals surface area contributed by atoms with Gasteiger partial charge in [0.05, 0.1) is 5.57 Å². The third-order valence-corrected chi connectivity index (χ3v) is 4.81. The molecule has 0 unspecified atom stereocenters. The number of benzene rings is 3. The Bertz CT molecular complexity index is 1020. The number of carbonyl (C=O) groups excluding carboxylic acids is 1. The van der Waals surface area contributed by atoms with E-state index in [2.05, 4.69) is 0 Å². The van der Waals surface area contributed by atoms with Crippen LogP contribution in [0.25, 0.3) is 11.3 Å². The van der Waals surface area contributed by atoms with Crippen molar-refractivity contribution < 1.29 is 19.7 Å². The molecular weight excluding hydrogens is 390 g/mol. The zero-order valence-corrected chi connectivity index (χ0v) is 17.8. The third-order valence-electron chi connectivity index (χ3n) is 4.81. The first-order chi connectivity index (χ1) is 14.9. The van der Waals surface area contributed by atoms with E-state index in [0.29, 0.717) is 17.7 Å². The van der Waals surface area contributed by atoms with Gasteiger partial charge in [-0.3, -0.25) is 4.79 Å². The number of ether oxygens (including phenoxy) is 1. The fourth-order valence-electron chi connectivity index (χ4n) is 3.12. The molecule has 0 radical (unpaired) electrons. The van der Waals surface area contributed by atoms with E-state index < -0.39 is 0 Å². The predicted molar refractivity (Wildman–Crippen MR) is 123 cm³/mol. The molecule has 3 rings (SSSR count). The zero-order chi connectivity index (χ0) is 22.2. The SMILES string of the molecule is CN(C)CCOc1ccc(CC(=O)C(=C(O)c2ccccc2)c2ccc(O)cc2)cc1. The topological polar surface area (TPSA) is 70.0 Å². The minimum atomic E-state index is -0.215. The molecule has 0 bridgehead atoms. The van der Waals surface area contributed by atoms with Crippen molar-refractivity contribution in [2.75, 3.05) is 27.2 Å². The highest BCUT2D eigenvalue weighted by atomic mass is 16.5. The molecule has 3 aromatic rings. The smallest absolute Gasteiger partial charge is 0.171 e. The summed E-state index contributed by atoms with van der Waals surface area (Å²) >= 11 is 0. The van der Waals surface area contributed by atoms with Crippen LogP contribution in [0, 0.1) is 0 Å². The lowest BCUT2D eigenvalue weighted by Gasteiger charge is -2.13. The van der Waals surface area contributed by atoms with Crippen molar-refractivity contribution >= 4 is 17.1 Å². The average Bonchev–Trinajstić information content (AvgIpc) is 2.77. The average molecular weight is 418 g/mol. The second kappa shape index (κ2) is 10.5. The summed E-state index contributed by atoms with van der Waals surface area (Å²) < 4.78 is 5.70. The standard InChI is InChI=1S/C26H27NO4/c1-27(2)16-17-31-23-14-8-19(9-15-23)18-24(29)25(20-10-12-22(28)13-11-20)26(30)21-6-4-3-5-7-21/h3-15,28,30H,16-18H2,1-2H3. The van der Waals surface area contributed by atoms with E-state index in [1.165, 1.54) is 12.1 Å². The van der Waals surface area contributed by atoms with Gasteiger partial charge >= 0.3 is 0 Å². The maximum absolute atomic E-state index is 13.2. The second-order valence-electron chi connectivity index (χ2n) is 7.53. The van der Waals surface area contributed by atoms with Gasteiger partial charge in [-0.25, -0.2) is 0 Å². The molecule has 31 heavy (non-hydrogen) atoms. The number of likely N-dealkylation sites (N-methyl/N-ethyl adjacent to an activating group) is 1. The Kier molecular flexibility index (Phi) is 7.46. The van der Waals surface area contributed by atoms with Crippen LogP contribution in [0.1, 0.15) is 16.7 Å². The summed E-state index contributed by atoms with van der Waals surface area (Å²) in [5.41, 5.74) is 2.15. The van der Waals surface area contributed by atoms with Crippen LogP contribution in [-0.4, -0.2) is 48.1 Å². The second-order valence-corrected chi connectivity index (χ2v) is 7.53. The Morgan fingerprint density at radius 3 is 2.13 bits per heavy atom. The lowest BCUT2D eigenvalue weighted by molar-refractivity contribution is -0.113. The van der Waals surface area contributed by atoms with E-state index in [0.717, 1.165) is 17.9 Å². The molecule has 0 aliphatic rings. The molecule has 0 aliphatic heterocycles. The minimum absolute atomic E-state index is 0.0834. The van der Waals surface area contributed by atoms with Crippen LogP contribution in [0.4, 0.5) is 0 Å². The number of phenolic OH excluding ortho intramolecular Hbond substituents is 1. The molecule has 160 valence electrons. The van der Waals surface area contributed by atoms with Gasteiger partial charge in [0.1, 0.15) is 23.9 Å². The summed E-state index contributed by atoms with van der Waals surface area (Å²) in [5, 5.41) is 20.5. The van der Waals surface area contributed by atoms with Gasteiger partial charge in [-0.1, -0.05) is 54.6 Å². The van der Waals surface area contributed by atoms with E-state index >= 15 is 0 Å². The molecule has 0 saturated heterocycles. The van der Waals surface area contributed by atoms with Crippen molar-refractivity contribution in [3.05, 3.63) is 95.6 Å². The number of phenols is 1. The van der Waals surface area contributed by atoms with Crippen LogP contribution in [0.5, 0.6) is 11.5 Å². The highest BCUT2D eigenvalue weighted by Crippen LogP contribution is 2.28. The van der Waals surface area contributed by atoms with Gasteiger partial charge in [0.2, 0.25) is 0 Å². The van der Waals surface area contributed by atoms with E-state index in [4.69, 9.17) is 4.74 Å². The summed E-state index contributed by atoms with van der Waals surface area (Å²) in [6.45, 7) is 1.41. The number of aliphatic hydroxyl groups excluding tert-OH is 1. The van der Waals surface area contributed by atoms with Crippen LogP contribution in [0.2, 0.25) is 0 Å². The van der Waals surface area contributed by atoms with Gasteiger partial charge in [-0.05, 0) is 49.5 Å². The van der Waals surface area contributed by atoms with Gasteiger partial charge in [0, 0.05) is 18.5 Å². The predicted octanol–water partition coefficient (Wildman–Crippen LogP) is 4.57. The monoisotopic (exact) mass is 417 g/mol. The first-order valence-corrected chi connectivity index (χ1v) is 10.1. The Balaban J connectivity index is 1.83. The van der Waals surface area contributed by atoms with E-state index in [9.17, 15) is 15.0 Å². The van der Waals surface area contributed by atoms with Crippen molar-refractivity contribution in [1.82, 2.24) is 4.90 Å². The van der Waals surface area contributed by atoms with E-state index in [-0.39, 0.29) is 29.3 Å². The first kappa shape index (κ1) is 22.1. The summed E-state index contributed by atoms with van der Waals surface area (Å²) in [6.07, 6.45) is 0.130. The lowest BCUT2D eigenvalue weighted by Crippen LogP contribution is -2.19. The molecular formula is C26H27NO4. The van der Waals surface area contributed by atoms with Crippen LogP contribution in [0.15, 0.2) is 78.9 Å². The number of allylic oxidation sites excluding steroid dienone is 1. The molecule has 0 amide bonds. The highest BCUT2D eigenvalue weighted by molar-refractivity contribution is 6.27. The van der Waals surface area contributed by atoms with Gasteiger partial charge in [0.25, 0.3) is 0 Å². The fraction of sp³-hybridized carbons (Fsp3) is 0.192. The van der Waals surface area contributed by atoms with Crippen LogP contribution in [-0.2, 0) is 11.2 Å². The van der Waals surface area contributed by atoms with Crippen LogP contribution >= 0.6 is 0 Å². The molecule has 0 aliphatic carbocycles. The third kappa shape index (κ3) is 6.20. The van der Waals surface area contributed by atoms with Gasteiger partial charge in [0.15, 0.2) is 5.78 Å². The molecule has 5 heteroatoms. The molecule has 0 heterocycles. The number of nitrogens with zero attached hydrogens (tertiary/aromatic N) is 1. The Labute approximate surface area is 182 Å². The Hall–Kier alpha value is -3.57. The number of aromatic hydroxyl groups is 1. The van der Waals surface area contributed by atoms with Crippen molar-refractivity contribution in [2.24, 2.45) is 0 Å². The lowest BCUT2D eigenvalue weighted by atomic mass is 9.93. The number of hydrogen-bond donors (Lipinski definition) is 2. The van der Waals surface area contributed by atoms with E-state index in [1.54, 1.807) is 36.4 Å². The quantitative estimate of drug-likeness (QED) is 0.303. The summed E-state index contributed by atoms with van der Waals surface area (Å²) in [6, 6.07) is 22.6. The molecule has 2 N–H and O–H groups in total. The van der Waals surface area contributed by atoms with Gasteiger partial charge in [-0.15, -0.1) is 0 Å². The fourth-order valence-corrected chi connectivity index (χ4v) is 3.12. The minimum Gasteiger partial charge on any atom is -0.508 e. The number of hydrogen-bond acceptors (Lipinski definition) is 5. The summed E-state index contributed by atoms with van der Waals surface area (Å²) in [5.74, 6) is 0.548. The van der Waals surface area contributed by atoms with Crippen molar-refractivity contribution in [3.8, 4) is 11.5 Å². The first-order valence-electron chi connectivity index (χ1n) is 10.1. The largest absolute Gasteiger partial charge is 0.508 e. The Morgan fingerprint density at radius 1 is 0.871 bits per heavy atom. The van der Waals surface area contributed by atoms with Crippen LogP contribution in [0.3, 0.4) is 0 Å². The number of rotatable bonds is 9. The van der Waals surface area contributed by atoms with Gasteiger partial charge in [-0.2, -0.15) is 0 Å². The number of ketones is 1. The molecule has 0 spiro atoms. The maximum Gasteiger partial charge on any atom is 0.171 e. The maximum atomic E-state index is 13.2. The molecule has 3 aromatic carbocycles. The van der Waals surface area contributed by atoms with Crippen molar-refractivity contribution in [2.45, 2.75) is 6.42 Å². The summed E-state index contributed by atoms with van der Waals surface area (Å²) in [7, 11) is 3.98. The molecule has 0 atom stereocenters. The Morgan fingerprint density at radius 2 is 1.52 bits per heavy atom. The van der Waals surface area contributed by atoms with Gasteiger partial charge < -0.3 is 19.8 Å². The number of carbonyl (C=O) groups is 1. The van der Waals surface area contributed by atoms with Crippen molar-refractivity contribution in [3.63, 3.8) is 0 Å². The van der Waals surface area contributed by atoms with Crippen molar-refractivity contribution in [1.29, 1.82) is 0 Å². The zero-order valence-electron chi connectivity index (χ0n) is 17.8. The van der Waals surface area contributed by atoms with Crippen LogP contribution < -0.4 is 4.74 Å². The normalized spacial score (nSPS) is 11.8. The number of aliphatic hydroxyl groups is 1. The molecule has 5 nitrogen and oxygen atoms in total. The molecule has 0 aromatic heterocycles. The number of Topliss-reactive ketones (excluding diaryl/α,β-unsaturated/α-hetero) is 1. The molecule has 0 saturated carbocycles.